The summed E-state index contributed by atoms with van der Waals surface area (Å²) in [6.45, 7) is 1.48. The van der Waals surface area contributed by atoms with Crippen LogP contribution in [-0.4, -0.2) is 19.3 Å². The van der Waals surface area contributed by atoms with Crippen LogP contribution < -0.4 is 5.56 Å². The van der Waals surface area contributed by atoms with Crippen LogP contribution in [0, 0.1) is 0 Å². The van der Waals surface area contributed by atoms with Crippen LogP contribution in [0.1, 0.15) is 24.5 Å². The fourth-order valence-corrected chi connectivity index (χ4v) is 2.23. The molecule has 17 heavy (non-hydrogen) atoms. The van der Waals surface area contributed by atoms with Crippen molar-refractivity contribution in [3.8, 4) is 0 Å². The molecule has 3 heterocycles. The smallest absolute Gasteiger partial charge is 0.250 e. The van der Waals surface area contributed by atoms with Crippen LogP contribution in [0.15, 0.2) is 29.2 Å². The van der Waals surface area contributed by atoms with E-state index in [9.17, 15) is 4.79 Å². The second kappa shape index (κ2) is 4.16. The van der Waals surface area contributed by atoms with Gasteiger partial charge in [0, 0.05) is 25.2 Å². The monoisotopic (exact) mass is 230 g/mol. The number of rotatable bonds is 2. The van der Waals surface area contributed by atoms with Crippen molar-refractivity contribution in [2.24, 2.45) is 0 Å². The average molecular weight is 230 g/mol. The molecule has 0 amide bonds. The lowest BCUT2D eigenvalue weighted by Gasteiger charge is -2.14. The second-order valence-electron chi connectivity index (χ2n) is 4.31. The van der Waals surface area contributed by atoms with E-state index in [0.717, 1.165) is 24.6 Å². The molecule has 5 nitrogen and oxygen atoms in total. The molecule has 0 unspecified atom stereocenters. The molecule has 0 radical (unpaired) electrons. The van der Waals surface area contributed by atoms with Crippen LogP contribution in [0.2, 0.25) is 0 Å². The molecule has 0 spiro atoms. The Kier molecular flexibility index (Phi) is 2.51. The van der Waals surface area contributed by atoms with Crippen molar-refractivity contribution in [3.63, 3.8) is 0 Å². The summed E-state index contributed by atoms with van der Waals surface area (Å²) < 4.78 is 3.80. The number of hydrogen-bond donors (Lipinski definition) is 0. The number of aryl methyl sites for hydroxylation is 1. The zero-order valence-electron chi connectivity index (χ0n) is 9.54. The summed E-state index contributed by atoms with van der Waals surface area (Å²) in [5, 5.41) is 8.37. The number of fused-ring (bicyclic) bond motifs is 1. The highest BCUT2D eigenvalue weighted by Crippen LogP contribution is 2.14. The van der Waals surface area contributed by atoms with Crippen molar-refractivity contribution in [1.29, 1.82) is 0 Å². The second-order valence-corrected chi connectivity index (χ2v) is 4.31. The molecule has 2 aromatic rings. The van der Waals surface area contributed by atoms with Crippen LogP contribution in [-0.2, 0) is 19.5 Å². The van der Waals surface area contributed by atoms with Crippen molar-refractivity contribution in [2.45, 2.75) is 32.4 Å². The molecule has 3 rings (SSSR count). The zero-order valence-corrected chi connectivity index (χ0v) is 9.54. The van der Waals surface area contributed by atoms with Gasteiger partial charge in [0.15, 0.2) is 5.82 Å². The first-order valence-corrected chi connectivity index (χ1v) is 5.91. The lowest BCUT2D eigenvalue weighted by Crippen LogP contribution is -2.22. The third kappa shape index (κ3) is 1.88. The van der Waals surface area contributed by atoms with Crippen molar-refractivity contribution in [1.82, 2.24) is 19.3 Å². The van der Waals surface area contributed by atoms with Crippen LogP contribution in [0.5, 0.6) is 0 Å². The summed E-state index contributed by atoms with van der Waals surface area (Å²) in [5.41, 5.74) is 0.000611. The van der Waals surface area contributed by atoms with Gasteiger partial charge in [0.25, 0.3) is 5.56 Å². The molecular weight excluding hydrogens is 216 g/mol. The summed E-state index contributed by atoms with van der Waals surface area (Å²) in [5.74, 6) is 1.93. The van der Waals surface area contributed by atoms with Crippen molar-refractivity contribution >= 4 is 0 Å². The van der Waals surface area contributed by atoms with Crippen molar-refractivity contribution in [2.75, 3.05) is 0 Å². The van der Waals surface area contributed by atoms with Crippen LogP contribution in [0.25, 0.3) is 0 Å². The maximum absolute atomic E-state index is 11.6. The molecule has 0 aromatic carbocycles. The summed E-state index contributed by atoms with van der Waals surface area (Å²) in [4.78, 5) is 11.6. The molecule has 5 heteroatoms. The highest BCUT2D eigenvalue weighted by molar-refractivity contribution is 5.01. The van der Waals surface area contributed by atoms with Crippen molar-refractivity contribution < 1.29 is 0 Å². The van der Waals surface area contributed by atoms with E-state index in [1.807, 2.05) is 6.07 Å². The molecule has 0 N–H and O–H groups in total. The van der Waals surface area contributed by atoms with Gasteiger partial charge in [0.2, 0.25) is 0 Å². The van der Waals surface area contributed by atoms with Gasteiger partial charge in [-0.2, -0.15) is 0 Å². The Morgan fingerprint density at radius 2 is 2.18 bits per heavy atom. The molecule has 0 saturated carbocycles. The first-order valence-electron chi connectivity index (χ1n) is 5.91. The van der Waals surface area contributed by atoms with Gasteiger partial charge in [-0.3, -0.25) is 4.79 Å². The lowest BCUT2D eigenvalue weighted by molar-refractivity contribution is 0.500. The minimum atomic E-state index is 0.000611. The van der Waals surface area contributed by atoms with Crippen molar-refractivity contribution in [3.05, 3.63) is 46.4 Å². The Labute approximate surface area is 98.7 Å². The fraction of sp³-hybridized carbons (Fsp3) is 0.417. The van der Waals surface area contributed by atoms with Gasteiger partial charge in [-0.05, 0) is 18.9 Å². The Hall–Kier alpha value is -1.91. The first-order chi connectivity index (χ1) is 8.34. The van der Waals surface area contributed by atoms with Gasteiger partial charge in [0.05, 0.1) is 6.54 Å². The van der Waals surface area contributed by atoms with Crippen LogP contribution >= 0.6 is 0 Å². The Morgan fingerprint density at radius 3 is 3.06 bits per heavy atom. The lowest BCUT2D eigenvalue weighted by atomic mass is 10.2. The Morgan fingerprint density at radius 1 is 1.24 bits per heavy atom. The van der Waals surface area contributed by atoms with E-state index in [-0.39, 0.29) is 5.56 Å². The number of aromatic nitrogens is 4. The maximum atomic E-state index is 11.6. The highest BCUT2D eigenvalue weighted by Gasteiger charge is 2.15. The molecule has 2 aromatic heterocycles. The van der Waals surface area contributed by atoms with E-state index in [1.165, 1.54) is 12.8 Å². The molecule has 1 aliphatic heterocycles. The maximum Gasteiger partial charge on any atom is 0.250 e. The minimum absolute atomic E-state index is 0.000611. The summed E-state index contributed by atoms with van der Waals surface area (Å²) in [6, 6.07) is 5.17. The summed E-state index contributed by atoms with van der Waals surface area (Å²) >= 11 is 0. The average Bonchev–Trinajstić information content (AvgIpc) is 2.76. The predicted octanol–water partition coefficient (Wildman–Crippen LogP) is 0.824. The van der Waals surface area contributed by atoms with Crippen LogP contribution in [0.4, 0.5) is 0 Å². The normalized spacial score (nSPS) is 14.6. The fourth-order valence-electron chi connectivity index (χ4n) is 2.23. The van der Waals surface area contributed by atoms with Gasteiger partial charge < -0.3 is 9.13 Å². The van der Waals surface area contributed by atoms with Crippen LogP contribution in [0.3, 0.4) is 0 Å². The molecule has 0 saturated heterocycles. The summed E-state index contributed by atoms with van der Waals surface area (Å²) in [6.07, 6.45) is 5.13. The number of nitrogens with zero attached hydrogens (tertiary/aromatic N) is 4. The van der Waals surface area contributed by atoms with E-state index in [2.05, 4.69) is 14.8 Å². The molecule has 88 valence electrons. The van der Waals surface area contributed by atoms with E-state index >= 15 is 0 Å². The molecule has 0 aliphatic carbocycles. The van der Waals surface area contributed by atoms with Gasteiger partial charge in [-0.15, -0.1) is 10.2 Å². The molecule has 1 aliphatic rings. The zero-order chi connectivity index (χ0) is 11.7. The molecule has 0 fully saturated rings. The standard InChI is InChI=1S/C12H14N4O/c17-12-6-2-3-7-15(12)9-11-14-13-10-5-1-4-8-16(10)11/h2-3,6-7H,1,4-5,8-9H2. The Balaban J connectivity index is 1.93. The van der Waals surface area contributed by atoms with Gasteiger partial charge >= 0.3 is 0 Å². The molecular formula is C12H14N4O. The first kappa shape index (κ1) is 10.3. The van der Waals surface area contributed by atoms with E-state index < -0.39 is 0 Å². The third-order valence-electron chi connectivity index (χ3n) is 3.15. The minimum Gasteiger partial charge on any atom is -0.313 e. The highest BCUT2D eigenvalue weighted by atomic mass is 16.1. The van der Waals surface area contributed by atoms with Gasteiger partial charge in [0.1, 0.15) is 5.82 Å². The van der Waals surface area contributed by atoms with E-state index in [1.54, 1.807) is 22.9 Å². The largest absolute Gasteiger partial charge is 0.313 e. The Bertz CT molecular complexity index is 584. The predicted molar refractivity (Wildman–Crippen MR) is 62.8 cm³/mol. The third-order valence-corrected chi connectivity index (χ3v) is 3.15. The SMILES string of the molecule is O=c1ccccn1Cc1nnc2n1CCCC2. The molecule has 0 atom stereocenters. The number of pyridine rings is 1. The molecule has 0 bridgehead atoms. The van der Waals surface area contributed by atoms with E-state index in [0.29, 0.717) is 6.54 Å². The summed E-state index contributed by atoms with van der Waals surface area (Å²) in [7, 11) is 0. The number of hydrogen-bond acceptors (Lipinski definition) is 3. The van der Waals surface area contributed by atoms with Gasteiger partial charge in [-0.1, -0.05) is 6.07 Å². The topological polar surface area (TPSA) is 52.7 Å². The van der Waals surface area contributed by atoms with E-state index in [4.69, 9.17) is 0 Å². The quantitative estimate of drug-likeness (QED) is 0.767. The van der Waals surface area contributed by atoms with Gasteiger partial charge in [-0.25, -0.2) is 0 Å².